The van der Waals surface area contributed by atoms with Gasteiger partial charge in [-0.05, 0) is 7.05 Å². The first-order valence-corrected chi connectivity index (χ1v) is 5.82. The fraction of sp³-hybridized carbons (Fsp3) is 0.750. The van der Waals surface area contributed by atoms with Gasteiger partial charge in [0.1, 0.15) is 5.76 Å². The van der Waals surface area contributed by atoms with E-state index in [1.54, 1.807) is 6.07 Å². The van der Waals surface area contributed by atoms with Gasteiger partial charge in [0.05, 0.1) is 11.6 Å². The van der Waals surface area contributed by atoms with Gasteiger partial charge >= 0.3 is 6.18 Å². The number of halogens is 4. The van der Waals surface area contributed by atoms with Gasteiger partial charge in [0.15, 0.2) is 0 Å². The third-order valence-corrected chi connectivity index (χ3v) is 2.67. The van der Waals surface area contributed by atoms with Gasteiger partial charge in [-0.25, -0.2) is 0 Å². The Bertz CT molecular complexity index is 385. The van der Waals surface area contributed by atoms with Crippen LogP contribution in [0.25, 0.3) is 0 Å². The Morgan fingerprint density at radius 2 is 1.89 bits per heavy atom. The lowest BCUT2D eigenvalue weighted by Gasteiger charge is -2.18. The first-order valence-electron chi connectivity index (χ1n) is 5.82. The van der Waals surface area contributed by atoms with Crippen molar-refractivity contribution in [2.75, 3.05) is 13.6 Å². The Morgan fingerprint density at radius 3 is 2.26 bits per heavy atom. The zero-order valence-corrected chi connectivity index (χ0v) is 12.3. The lowest BCUT2D eigenvalue weighted by atomic mass is 9.92. The first-order chi connectivity index (χ1) is 8.14. The van der Waals surface area contributed by atoms with Gasteiger partial charge in [-0.15, -0.1) is 12.4 Å². The normalized spacial score (nSPS) is 14.1. The van der Waals surface area contributed by atoms with Gasteiger partial charge in [-0.1, -0.05) is 25.9 Å². The molecule has 112 valence electrons. The Hall–Kier alpha value is -0.750. The van der Waals surface area contributed by atoms with Gasteiger partial charge in [0, 0.05) is 24.4 Å². The molecule has 0 aromatic carbocycles. The van der Waals surface area contributed by atoms with Crippen LogP contribution in [0.1, 0.15) is 32.2 Å². The summed E-state index contributed by atoms with van der Waals surface area (Å²) in [5.41, 5.74) is 0.0969. The van der Waals surface area contributed by atoms with Crippen LogP contribution in [0.3, 0.4) is 0 Å². The van der Waals surface area contributed by atoms with E-state index in [-0.39, 0.29) is 30.8 Å². The largest absolute Gasteiger partial charge is 0.393 e. The Labute approximate surface area is 117 Å². The van der Waals surface area contributed by atoms with E-state index in [0.29, 0.717) is 11.5 Å². The fourth-order valence-electron chi connectivity index (χ4n) is 1.56. The van der Waals surface area contributed by atoms with E-state index in [4.69, 9.17) is 4.52 Å². The van der Waals surface area contributed by atoms with Crippen molar-refractivity contribution in [3.63, 3.8) is 0 Å². The summed E-state index contributed by atoms with van der Waals surface area (Å²) >= 11 is 0. The van der Waals surface area contributed by atoms with Gasteiger partial charge in [-0.3, -0.25) is 0 Å². The Balaban J connectivity index is 0.00000324. The van der Waals surface area contributed by atoms with Crippen LogP contribution >= 0.6 is 12.4 Å². The number of aromatic nitrogens is 1. The first kappa shape index (κ1) is 18.2. The molecule has 1 unspecified atom stereocenters. The molecular weight excluding hydrogens is 281 g/mol. The Morgan fingerprint density at radius 1 is 1.32 bits per heavy atom. The van der Waals surface area contributed by atoms with Crippen molar-refractivity contribution in [1.29, 1.82) is 0 Å². The molecule has 0 saturated carbocycles. The molecule has 0 fully saturated rings. The second-order valence-corrected chi connectivity index (χ2v) is 5.43. The lowest BCUT2D eigenvalue weighted by Crippen LogP contribution is -2.33. The molecule has 0 saturated heterocycles. The molecule has 1 aromatic rings. The van der Waals surface area contributed by atoms with Gasteiger partial charge in [0.25, 0.3) is 0 Å². The lowest BCUT2D eigenvalue weighted by molar-refractivity contribution is -0.172. The van der Waals surface area contributed by atoms with Crippen LogP contribution in [0.5, 0.6) is 0 Å². The molecule has 0 bridgehead atoms. The zero-order valence-electron chi connectivity index (χ0n) is 11.5. The minimum atomic E-state index is -4.23. The summed E-state index contributed by atoms with van der Waals surface area (Å²) in [6, 6.07) is 1.61. The van der Waals surface area contributed by atoms with Crippen LogP contribution in [0.4, 0.5) is 13.2 Å². The molecule has 1 aromatic heterocycles. The SMILES string of the molecule is CNCC(Cc1cc(C(C)(C)C)on1)C(F)(F)F.Cl. The summed E-state index contributed by atoms with van der Waals surface area (Å²) in [6.45, 7) is 5.64. The predicted octanol–water partition coefficient (Wildman–Crippen LogP) is 3.33. The molecule has 0 aliphatic heterocycles. The highest BCUT2D eigenvalue weighted by molar-refractivity contribution is 5.85. The topological polar surface area (TPSA) is 38.1 Å². The van der Waals surface area contributed by atoms with E-state index in [2.05, 4.69) is 10.5 Å². The maximum Gasteiger partial charge on any atom is 0.393 e. The average molecular weight is 301 g/mol. The summed E-state index contributed by atoms with van der Waals surface area (Å²) in [4.78, 5) is 0. The molecule has 1 atom stereocenters. The van der Waals surface area contributed by atoms with E-state index < -0.39 is 12.1 Å². The number of nitrogens with zero attached hydrogens (tertiary/aromatic N) is 1. The van der Waals surface area contributed by atoms with Crippen molar-refractivity contribution < 1.29 is 17.7 Å². The molecule has 0 radical (unpaired) electrons. The van der Waals surface area contributed by atoms with Crippen molar-refractivity contribution in [3.05, 3.63) is 17.5 Å². The highest BCUT2D eigenvalue weighted by Gasteiger charge is 2.39. The smallest absolute Gasteiger partial charge is 0.361 e. The van der Waals surface area contributed by atoms with Gasteiger partial charge < -0.3 is 9.84 Å². The number of hydrogen-bond donors (Lipinski definition) is 1. The van der Waals surface area contributed by atoms with Crippen molar-refractivity contribution in [3.8, 4) is 0 Å². The number of alkyl halides is 3. The van der Waals surface area contributed by atoms with Crippen molar-refractivity contribution >= 4 is 12.4 Å². The van der Waals surface area contributed by atoms with E-state index in [1.807, 2.05) is 20.8 Å². The molecule has 7 heteroatoms. The highest BCUT2D eigenvalue weighted by Crippen LogP contribution is 2.30. The minimum absolute atomic E-state index is 0. The molecule has 0 amide bonds. The van der Waals surface area contributed by atoms with Crippen molar-refractivity contribution in [2.24, 2.45) is 5.92 Å². The van der Waals surface area contributed by atoms with E-state index in [9.17, 15) is 13.2 Å². The van der Waals surface area contributed by atoms with Crippen LogP contribution in [0, 0.1) is 5.92 Å². The monoisotopic (exact) mass is 300 g/mol. The van der Waals surface area contributed by atoms with Crippen LogP contribution < -0.4 is 5.32 Å². The number of rotatable bonds is 4. The average Bonchev–Trinajstić information content (AvgIpc) is 2.63. The fourth-order valence-corrected chi connectivity index (χ4v) is 1.56. The second kappa shape index (κ2) is 6.61. The third-order valence-electron chi connectivity index (χ3n) is 2.67. The molecule has 3 nitrogen and oxygen atoms in total. The highest BCUT2D eigenvalue weighted by atomic mass is 35.5. The van der Waals surface area contributed by atoms with Gasteiger partial charge in [-0.2, -0.15) is 13.2 Å². The van der Waals surface area contributed by atoms with Crippen LogP contribution in [-0.4, -0.2) is 24.9 Å². The second-order valence-electron chi connectivity index (χ2n) is 5.43. The van der Waals surface area contributed by atoms with E-state index in [1.165, 1.54) is 7.05 Å². The van der Waals surface area contributed by atoms with E-state index in [0.717, 1.165) is 0 Å². The zero-order chi connectivity index (χ0) is 14.0. The summed E-state index contributed by atoms with van der Waals surface area (Å²) in [5.74, 6) is -0.844. The predicted molar refractivity (Wildman–Crippen MR) is 69.6 cm³/mol. The summed E-state index contributed by atoms with van der Waals surface area (Å²) in [7, 11) is 1.50. The summed E-state index contributed by atoms with van der Waals surface area (Å²) in [6.07, 6.45) is -4.40. The van der Waals surface area contributed by atoms with Crippen molar-refractivity contribution in [2.45, 2.75) is 38.8 Å². The maximum atomic E-state index is 12.7. The number of hydrogen-bond acceptors (Lipinski definition) is 3. The quantitative estimate of drug-likeness (QED) is 0.927. The molecular formula is C12H20ClF3N2O. The summed E-state index contributed by atoms with van der Waals surface area (Å²) < 4.78 is 43.3. The molecule has 0 aliphatic carbocycles. The summed E-state index contributed by atoms with van der Waals surface area (Å²) in [5, 5.41) is 6.27. The number of nitrogens with one attached hydrogen (secondary N) is 1. The standard InChI is InChI=1S/C12H19F3N2O.ClH/c1-11(2,3)10-6-9(17-18-10)5-8(7-16-4)12(13,14)15;/h6,8,16H,5,7H2,1-4H3;1H. The van der Waals surface area contributed by atoms with Crippen LogP contribution in [0.2, 0.25) is 0 Å². The van der Waals surface area contributed by atoms with Crippen LogP contribution in [-0.2, 0) is 11.8 Å². The Kier molecular flexibility index (Phi) is 6.35. The van der Waals surface area contributed by atoms with Gasteiger partial charge in [0.2, 0.25) is 0 Å². The molecule has 0 aliphatic rings. The molecule has 0 spiro atoms. The molecule has 1 N–H and O–H groups in total. The maximum absolute atomic E-state index is 12.7. The molecule has 1 rings (SSSR count). The van der Waals surface area contributed by atoms with Crippen LogP contribution in [0.15, 0.2) is 10.6 Å². The molecule has 1 heterocycles. The van der Waals surface area contributed by atoms with E-state index >= 15 is 0 Å². The van der Waals surface area contributed by atoms with Crippen molar-refractivity contribution in [1.82, 2.24) is 10.5 Å². The third kappa shape index (κ3) is 5.40. The minimum Gasteiger partial charge on any atom is -0.361 e. The molecule has 19 heavy (non-hydrogen) atoms.